The van der Waals surface area contributed by atoms with Crippen molar-refractivity contribution < 1.29 is 9.18 Å². The number of halogens is 1. The summed E-state index contributed by atoms with van der Waals surface area (Å²) in [5.74, 6) is -0.0593. The molecule has 1 amide bonds. The second-order valence-electron chi connectivity index (χ2n) is 8.79. The van der Waals surface area contributed by atoms with Crippen LogP contribution in [0.15, 0.2) is 58.1 Å². The first-order valence-corrected chi connectivity index (χ1v) is 11.2. The van der Waals surface area contributed by atoms with Crippen molar-refractivity contribution in [2.45, 2.75) is 38.6 Å². The van der Waals surface area contributed by atoms with Gasteiger partial charge in [-0.1, -0.05) is 30.3 Å². The molecule has 4 aromatic rings. The van der Waals surface area contributed by atoms with E-state index in [2.05, 4.69) is 20.3 Å². The minimum absolute atomic E-state index is 0.180. The van der Waals surface area contributed by atoms with Gasteiger partial charge in [-0.2, -0.15) is 0 Å². The van der Waals surface area contributed by atoms with E-state index in [1.807, 2.05) is 12.1 Å². The molecule has 1 atom stereocenters. The predicted octanol–water partition coefficient (Wildman–Crippen LogP) is 3.30. The molecule has 2 aromatic carbocycles. The lowest BCUT2D eigenvalue weighted by molar-refractivity contribution is -0.114. The Hall–Kier alpha value is -4.01. The zero-order chi connectivity index (χ0) is 23.8. The first-order valence-electron chi connectivity index (χ1n) is 11.2. The monoisotopic (exact) mass is 461 g/mol. The van der Waals surface area contributed by atoms with Crippen LogP contribution in [0.25, 0.3) is 11.2 Å². The van der Waals surface area contributed by atoms with Gasteiger partial charge in [0.05, 0.1) is 0 Å². The van der Waals surface area contributed by atoms with Gasteiger partial charge in [-0.25, -0.2) is 14.2 Å². The number of rotatable bonds is 7. The number of nitrogens with zero attached hydrogens (tertiary/aromatic N) is 2. The SMILES string of the molecule is CC(=O)Nc1ccc(C(Cc2ccccc2F)c2nc3c([nH]2)c(=O)[nH]c(=O)n3CC2CC2)cc1. The molecule has 0 radical (unpaired) electrons. The van der Waals surface area contributed by atoms with Crippen LogP contribution in [0.2, 0.25) is 0 Å². The van der Waals surface area contributed by atoms with Gasteiger partial charge in [0.1, 0.15) is 17.2 Å². The van der Waals surface area contributed by atoms with Crippen LogP contribution in [-0.4, -0.2) is 25.4 Å². The van der Waals surface area contributed by atoms with Gasteiger partial charge in [-0.3, -0.25) is 19.1 Å². The normalized spacial score (nSPS) is 14.3. The topological polar surface area (TPSA) is 113 Å². The molecule has 1 fully saturated rings. The van der Waals surface area contributed by atoms with Crippen LogP contribution in [-0.2, 0) is 17.8 Å². The molecule has 2 aromatic heterocycles. The Morgan fingerprint density at radius 3 is 2.56 bits per heavy atom. The van der Waals surface area contributed by atoms with Crippen LogP contribution in [0.3, 0.4) is 0 Å². The highest BCUT2D eigenvalue weighted by Gasteiger charge is 2.26. The number of nitrogens with one attached hydrogen (secondary N) is 3. The van der Waals surface area contributed by atoms with Crippen LogP contribution in [0.4, 0.5) is 10.1 Å². The van der Waals surface area contributed by atoms with Crippen LogP contribution < -0.4 is 16.6 Å². The van der Waals surface area contributed by atoms with Crippen molar-refractivity contribution in [1.82, 2.24) is 19.5 Å². The van der Waals surface area contributed by atoms with Gasteiger partial charge >= 0.3 is 5.69 Å². The van der Waals surface area contributed by atoms with Crippen molar-refractivity contribution in [1.29, 1.82) is 0 Å². The molecule has 2 heterocycles. The highest BCUT2D eigenvalue weighted by Crippen LogP contribution is 2.32. The van der Waals surface area contributed by atoms with Gasteiger partial charge in [-0.05, 0) is 54.5 Å². The van der Waals surface area contributed by atoms with E-state index in [1.54, 1.807) is 30.3 Å². The first kappa shape index (κ1) is 21.8. The zero-order valence-electron chi connectivity index (χ0n) is 18.6. The van der Waals surface area contributed by atoms with Crippen molar-refractivity contribution in [3.8, 4) is 0 Å². The number of carbonyl (C=O) groups excluding carboxylic acids is 1. The average molecular weight is 461 g/mol. The Kier molecular flexibility index (Phi) is 5.61. The second-order valence-corrected chi connectivity index (χ2v) is 8.79. The number of fused-ring (bicyclic) bond motifs is 1. The van der Waals surface area contributed by atoms with Crippen LogP contribution in [0, 0.1) is 11.7 Å². The van der Waals surface area contributed by atoms with Crippen molar-refractivity contribution in [3.63, 3.8) is 0 Å². The summed E-state index contributed by atoms with van der Waals surface area (Å²) in [6, 6.07) is 13.7. The molecule has 0 aliphatic heterocycles. The molecule has 174 valence electrons. The number of imidazole rings is 1. The molecule has 5 rings (SSSR count). The maximum Gasteiger partial charge on any atom is 0.330 e. The quantitative estimate of drug-likeness (QED) is 0.392. The largest absolute Gasteiger partial charge is 0.336 e. The molecule has 1 unspecified atom stereocenters. The van der Waals surface area contributed by atoms with Gasteiger partial charge in [0, 0.05) is 25.1 Å². The number of benzene rings is 2. The van der Waals surface area contributed by atoms with Crippen LogP contribution in [0.1, 0.15) is 42.6 Å². The van der Waals surface area contributed by atoms with E-state index in [9.17, 15) is 18.8 Å². The summed E-state index contributed by atoms with van der Waals surface area (Å²) < 4.78 is 16.1. The third-order valence-corrected chi connectivity index (χ3v) is 6.13. The molecule has 34 heavy (non-hydrogen) atoms. The first-order chi connectivity index (χ1) is 16.4. The number of hydrogen-bond donors (Lipinski definition) is 3. The van der Waals surface area contributed by atoms with Gasteiger partial charge in [-0.15, -0.1) is 0 Å². The molecule has 3 N–H and O–H groups in total. The maximum absolute atomic E-state index is 14.5. The number of hydrogen-bond acceptors (Lipinski definition) is 4. The summed E-state index contributed by atoms with van der Waals surface area (Å²) in [4.78, 5) is 46.6. The third-order valence-electron chi connectivity index (χ3n) is 6.13. The van der Waals surface area contributed by atoms with E-state index in [0.29, 0.717) is 35.2 Å². The van der Waals surface area contributed by atoms with Crippen molar-refractivity contribution in [2.75, 3.05) is 5.32 Å². The van der Waals surface area contributed by atoms with E-state index >= 15 is 0 Å². The molecule has 0 saturated heterocycles. The van der Waals surface area contributed by atoms with Crippen molar-refractivity contribution >= 4 is 22.8 Å². The minimum atomic E-state index is -0.531. The van der Waals surface area contributed by atoms with Gasteiger partial charge in [0.15, 0.2) is 5.65 Å². The maximum atomic E-state index is 14.5. The molecule has 0 bridgehead atoms. The highest BCUT2D eigenvalue weighted by molar-refractivity contribution is 5.88. The summed E-state index contributed by atoms with van der Waals surface area (Å²) in [6.45, 7) is 1.93. The summed E-state index contributed by atoms with van der Waals surface area (Å²) >= 11 is 0. The fourth-order valence-corrected chi connectivity index (χ4v) is 4.21. The predicted molar refractivity (Wildman–Crippen MR) is 126 cm³/mol. The number of H-pyrrole nitrogens is 2. The van der Waals surface area contributed by atoms with Crippen LogP contribution in [0.5, 0.6) is 0 Å². The zero-order valence-corrected chi connectivity index (χ0v) is 18.6. The standard InChI is InChI=1S/C25H24FN5O3/c1-14(32)27-18-10-8-16(9-11-18)19(12-17-4-2-3-5-20(17)26)22-28-21-23(29-22)31(13-15-6-7-15)25(34)30-24(21)33/h2-5,8-11,15,19H,6-7,12-13H2,1H3,(H,27,32)(H,28,29)(H,30,33,34). The molecule has 8 nitrogen and oxygen atoms in total. The Morgan fingerprint density at radius 2 is 1.88 bits per heavy atom. The molecular formula is C25H24FN5O3. The molecular weight excluding hydrogens is 437 g/mol. The number of carbonyl (C=O) groups is 1. The van der Waals surface area contributed by atoms with E-state index in [0.717, 1.165) is 18.4 Å². The van der Waals surface area contributed by atoms with Gasteiger partial charge < -0.3 is 10.3 Å². The number of aromatic nitrogens is 4. The lowest BCUT2D eigenvalue weighted by Gasteiger charge is -2.16. The summed E-state index contributed by atoms with van der Waals surface area (Å²) in [7, 11) is 0. The average Bonchev–Trinajstić information content (AvgIpc) is 3.52. The second kappa shape index (κ2) is 8.74. The lowest BCUT2D eigenvalue weighted by atomic mass is 9.91. The molecule has 1 aliphatic carbocycles. The smallest absolute Gasteiger partial charge is 0.330 e. The molecule has 0 spiro atoms. The minimum Gasteiger partial charge on any atom is -0.336 e. The summed E-state index contributed by atoms with van der Waals surface area (Å²) in [6.07, 6.45) is 2.37. The lowest BCUT2D eigenvalue weighted by Crippen LogP contribution is -2.30. The highest BCUT2D eigenvalue weighted by atomic mass is 19.1. The van der Waals surface area contributed by atoms with E-state index in [1.165, 1.54) is 17.6 Å². The Bertz CT molecular complexity index is 1480. The molecule has 1 saturated carbocycles. The van der Waals surface area contributed by atoms with E-state index in [-0.39, 0.29) is 23.7 Å². The number of anilines is 1. The summed E-state index contributed by atoms with van der Waals surface area (Å²) in [5, 5.41) is 2.73. The third kappa shape index (κ3) is 4.41. The van der Waals surface area contributed by atoms with Gasteiger partial charge in [0.25, 0.3) is 5.56 Å². The fourth-order valence-electron chi connectivity index (χ4n) is 4.21. The Morgan fingerprint density at radius 1 is 1.15 bits per heavy atom. The number of aromatic amines is 2. The van der Waals surface area contributed by atoms with E-state index in [4.69, 9.17) is 0 Å². The fraction of sp³-hybridized carbons (Fsp3) is 0.280. The Balaban J connectivity index is 1.61. The molecule has 9 heteroatoms. The van der Waals surface area contributed by atoms with Crippen molar-refractivity contribution in [2.24, 2.45) is 5.92 Å². The Labute approximate surface area is 193 Å². The van der Waals surface area contributed by atoms with Crippen LogP contribution >= 0.6 is 0 Å². The summed E-state index contributed by atoms with van der Waals surface area (Å²) in [5.41, 5.74) is 1.49. The number of amides is 1. The van der Waals surface area contributed by atoms with Crippen molar-refractivity contribution in [3.05, 3.63) is 92.1 Å². The van der Waals surface area contributed by atoms with Gasteiger partial charge in [0.2, 0.25) is 5.91 Å². The molecule has 1 aliphatic rings. The van der Waals surface area contributed by atoms with E-state index < -0.39 is 17.2 Å².